The molecule has 100 valence electrons. The lowest BCUT2D eigenvalue weighted by Gasteiger charge is -2.08. The lowest BCUT2D eigenvalue weighted by Crippen LogP contribution is -2.35. The molecule has 1 aromatic heterocycles. The molecule has 0 bridgehead atoms. The smallest absolute Gasteiger partial charge is 0.280 e. The highest BCUT2D eigenvalue weighted by atomic mass is 32.2. The van der Waals surface area contributed by atoms with E-state index in [4.69, 9.17) is 0 Å². The van der Waals surface area contributed by atoms with Crippen LogP contribution in [0.2, 0.25) is 0 Å². The maximum Gasteiger partial charge on any atom is 0.280 e. The molecule has 2 heterocycles. The predicted octanol–water partition coefficient (Wildman–Crippen LogP) is 1.18. The van der Waals surface area contributed by atoms with Crippen LogP contribution in [-0.2, 0) is 9.84 Å². The van der Waals surface area contributed by atoms with Gasteiger partial charge in [-0.2, -0.15) is 0 Å². The van der Waals surface area contributed by atoms with Gasteiger partial charge in [-0.1, -0.05) is 13.8 Å². The quantitative estimate of drug-likeness (QED) is 0.906. The van der Waals surface area contributed by atoms with Crippen LogP contribution >= 0.6 is 11.3 Å². The van der Waals surface area contributed by atoms with E-state index in [-0.39, 0.29) is 29.4 Å². The average molecular weight is 288 g/mol. The summed E-state index contributed by atoms with van der Waals surface area (Å²) in [4.78, 5) is 16.1. The maximum atomic E-state index is 11.9. The zero-order valence-electron chi connectivity index (χ0n) is 10.3. The fourth-order valence-electron chi connectivity index (χ4n) is 1.81. The van der Waals surface area contributed by atoms with Crippen molar-refractivity contribution in [1.82, 2.24) is 10.3 Å². The minimum atomic E-state index is -2.96. The number of hydrogen-bond donors (Lipinski definition) is 1. The van der Waals surface area contributed by atoms with Gasteiger partial charge in [0.15, 0.2) is 14.8 Å². The third-order valence-electron chi connectivity index (χ3n) is 2.88. The molecule has 1 aliphatic rings. The first-order valence-electron chi connectivity index (χ1n) is 5.84. The molecule has 1 atom stereocenters. The van der Waals surface area contributed by atoms with E-state index < -0.39 is 9.84 Å². The van der Waals surface area contributed by atoms with Gasteiger partial charge in [-0.05, 0) is 12.3 Å². The van der Waals surface area contributed by atoms with Crippen molar-refractivity contribution in [2.75, 3.05) is 11.5 Å². The summed E-state index contributed by atoms with van der Waals surface area (Å²) in [6, 6.07) is -0.270. The number of sulfone groups is 1. The normalized spacial score (nSPS) is 22.3. The van der Waals surface area contributed by atoms with Crippen LogP contribution in [0.1, 0.15) is 41.7 Å². The van der Waals surface area contributed by atoms with Crippen molar-refractivity contribution in [3.05, 3.63) is 16.1 Å². The van der Waals surface area contributed by atoms with E-state index in [0.29, 0.717) is 11.4 Å². The van der Waals surface area contributed by atoms with E-state index in [1.54, 1.807) is 0 Å². The van der Waals surface area contributed by atoms with Gasteiger partial charge in [0.1, 0.15) is 0 Å². The van der Waals surface area contributed by atoms with Crippen LogP contribution in [0, 0.1) is 0 Å². The number of carbonyl (C=O) groups is 1. The number of amides is 1. The molecule has 0 aromatic carbocycles. The second-order valence-corrected chi connectivity index (χ2v) is 7.89. The lowest BCUT2D eigenvalue weighted by molar-refractivity contribution is 0.0940. The Balaban J connectivity index is 2.00. The fourth-order valence-corrected chi connectivity index (χ4v) is 4.37. The Hall–Kier alpha value is -0.950. The van der Waals surface area contributed by atoms with Crippen LogP contribution in [0.3, 0.4) is 0 Å². The first-order valence-corrected chi connectivity index (χ1v) is 8.54. The van der Waals surface area contributed by atoms with Crippen LogP contribution in [0.5, 0.6) is 0 Å². The summed E-state index contributed by atoms with van der Waals surface area (Å²) in [5.74, 6) is 0.220. The van der Waals surface area contributed by atoms with Crippen molar-refractivity contribution < 1.29 is 13.2 Å². The third kappa shape index (κ3) is 3.08. The highest BCUT2D eigenvalue weighted by molar-refractivity contribution is 7.91. The van der Waals surface area contributed by atoms with Gasteiger partial charge >= 0.3 is 0 Å². The van der Waals surface area contributed by atoms with E-state index in [1.807, 2.05) is 19.2 Å². The standard InChI is InChI=1S/C11H16N2O3S2/c1-7(2)9-5-17-11(13-9)10(14)12-8-3-4-18(15,16)6-8/h5,7-8H,3-4,6H2,1-2H3,(H,12,14)/t8-/m1/s1. The first kappa shape index (κ1) is 13.5. The van der Waals surface area contributed by atoms with Gasteiger partial charge in [-0.3, -0.25) is 4.79 Å². The molecule has 5 nitrogen and oxygen atoms in total. The third-order valence-corrected chi connectivity index (χ3v) is 5.50. The van der Waals surface area contributed by atoms with Crippen LogP contribution in [-0.4, -0.2) is 36.9 Å². The van der Waals surface area contributed by atoms with Crippen molar-refractivity contribution in [3.63, 3.8) is 0 Å². The molecule has 0 radical (unpaired) electrons. The van der Waals surface area contributed by atoms with Gasteiger partial charge in [0.2, 0.25) is 0 Å². The average Bonchev–Trinajstić information content (AvgIpc) is 2.85. The highest BCUT2D eigenvalue weighted by Gasteiger charge is 2.29. The molecule has 1 amide bonds. The van der Waals surface area contributed by atoms with Crippen LogP contribution < -0.4 is 5.32 Å². The molecule has 1 aromatic rings. The van der Waals surface area contributed by atoms with Gasteiger partial charge in [0.25, 0.3) is 5.91 Å². The van der Waals surface area contributed by atoms with E-state index in [1.165, 1.54) is 11.3 Å². The molecule has 0 saturated carbocycles. The molecule has 0 unspecified atom stereocenters. The Bertz CT molecular complexity index is 548. The zero-order chi connectivity index (χ0) is 13.3. The molecule has 0 spiro atoms. The van der Waals surface area contributed by atoms with Crippen LogP contribution in [0.15, 0.2) is 5.38 Å². The molecule has 1 saturated heterocycles. The topological polar surface area (TPSA) is 76.1 Å². The summed E-state index contributed by atoms with van der Waals surface area (Å²) >= 11 is 1.30. The summed E-state index contributed by atoms with van der Waals surface area (Å²) in [5, 5.41) is 5.00. The van der Waals surface area contributed by atoms with E-state index in [2.05, 4.69) is 10.3 Å². The predicted molar refractivity (Wildman–Crippen MR) is 70.7 cm³/mol. The molecule has 7 heteroatoms. The van der Waals surface area contributed by atoms with Gasteiger partial charge < -0.3 is 5.32 Å². The Labute approximate surface area is 111 Å². The number of thiazole rings is 1. The molecule has 1 aliphatic heterocycles. The SMILES string of the molecule is CC(C)c1csc(C(=O)N[C@@H]2CCS(=O)(=O)C2)n1. The van der Waals surface area contributed by atoms with Crippen LogP contribution in [0.25, 0.3) is 0 Å². The number of aromatic nitrogens is 1. The Morgan fingerprint density at radius 1 is 1.56 bits per heavy atom. The largest absolute Gasteiger partial charge is 0.346 e. The Morgan fingerprint density at radius 2 is 2.28 bits per heavy atom. The van der Waals surface area contributed by atoms with Crippen molar-refractivity contribution >= 4 is 27.1 Å². The van der Waals surface area contributed by atoms with Gasteiger partial charge in [-0.25, -0.2) is 13.4 Å². The summed E-state index contributed by atoms with van der Waals surface area (Å²) in [6.45, 7) is 4.03. The minimum Gasteiger partial charge on any atom is -0.346 e. The number of rotatable bonds is 3. The minimum absolute atomic E-state index is 0.0428. The van der Waals surface area contributed by atoms with Crippen molar-refractivity contribution in [2.45, 2.75) is 32.2 Å². The number of carbonyl (C=O) groups excluding carboxylic acids is 1. The maximum absolute atomic E-state index is 11.9. The zero-order valence-corrected chi connectivity index (χ0v) is 12.0. The number of nitrogens with zero attached hydrogens (tertiary/aromatic N) is 1. The van der Waals surface area contributed by atoms with Crippen molar-refractivity contribution in [3.8, 4) is 0 Å². The van der Waals surface area contributed by atoms with E-state index in [0.717, 1.165) is 5.69 Å². The summed E-state index contributed by atoms with van der Waals surface area (Å²) in [6.07, 6.45) is 0.497. The van der Waals surface area contributed by atoms with E-state index >= 15 is 0 Å². The first-order chi connectivity index (χ1) is 8.37. The highest BCUT2D eigenvalue weighted by Crippen LogP contribution is 2.18. The van der Waals surface area contributed by atoms with Crippen molar-refractivity contribution in [2.24, 2.45) is 0 Å². The van der Waals surface area contributed by atoms with E-state index in [9.17, 15) is 13.2 Å². The molecular formula is C11H16N2O3S2. The Morgan fingerprint density at radius 3 is 2.78 bits per heavy atom. The molecule has 1 N–H and O–H groups in total. The van der Waals surface area contributed by atoms with Crippen LogP contribution in [0.4, 0.5) is 0 Å². The van der Waals surface area contributed by atoms with Crippen molar-refractivity contribution in [1.29, 1.82) is 0 Å². The van der Waals surface area contributed by atoms with Gasteiger partial charge in [0.05, 0.1) is 17.2 Å². The monoisotopic (exact) mass is 288 g/mol. The second kappa shape index (κ2) is 4.97. The lowest BCUT2D eigenvalue weighted by atomic mass is 10.2. The van der Waals surface area contributed by atoms with Gasteiger partial charge in [0, 0.05) is 11.4 Å². The number of nitrogens with one attached hydrogen (secondary N) is 1. The number of hydrogen-bond acceptors (Lipinski definition) is 5. The second-order valence-electron chi connectivity index (χ2n) is 4.81. The molecule has 1 fully saturated rings. The van der Waals surface area contributed by atoms with Gasteiger partial charge in [-0.15, -0.1) is 11.3 Å². The molecule has 2 rings (SSSR count). The summed E-state index contributed by atoms with van der Waals surface area (Å²) in [7, 11) is -2.96. The fraction of sp³-hybridized carbons (Fsp3) is 0.636. The Kier molecular flexibility index (Phi) is 3.72. The summed E-state index contributed by atoms with van der Waals surface area (Å²) < 4.78 is 22.6. The summed E-state index contributed by atoms with van der Waals surface area (Å²) in [5.41, 5.74) is 0.893. The molecule has 0 aliphatic carbocycles. The molecular weight excluding hydrogens is 272 g/mol. The molecule has 18 heavy (non-hydrogen) atoms.